The number of allylic oxidation sites excluding steroid dienone is 2. The van der Waals surface area contributed by atoms with E-state index in [0.717, 1.165) is 11.3 Å². The molecule has 1 aromatic heterocycles. The van der Waals surface area contributed by atoms with Crippen molar-refractivity contribution < 1.29 is 22.7 Å². The maximum absolute atomic E-state index is 12.1. The monoisotopic (exact) mass is 342 g/mol. The van der Waals surface area contributed by atoms with E-state index in [2.05, 4.69) is 20.3 Å². The van der Waals surface area contributed by atoms with Crippen LogP contribution in [0.2, 0.25) is 0 Å². The fourth-order valence-corrected chi connectivity index (χ4v) is 2.03. The third-order valence-electron chi connectivity index (χ3n) is 3.22. The van der Waals surface area contributed by atoms with E-state index < -0.39 is 6.36 Å². The van der Waals surface area contributed by atoms with Crippen molar-refractivity contribution in [2.45, 2.75) is 25.7 Å². The van der Waals surface area contributed by atoms with Crippen LogP contribution in [0.1, 0.15) is 18.5 Å². The van der Waals surface area contributed by atoms with Crippen LogP contribution in [0.25, 0.3) is 0 Å². The van der Waals surface area contributed by atoms with Crippen LogP contribution in [0, 0.1) is 0 Å². The average Bonchev–Trinajstić information content (AvgIpc) is 3.05. The Morgan fingerprint density at radius 1 is 1.33 bits per heavy atom. The van der Waals surface area contributed by atoms with Gasteiger partial charge in [0.05, 0.1) is 18.8 Å². The minimum atomic E-state index is -4.69. The number of rotatable bonds is 7. The van der Waals surface area contributed by atoms with Crippen molar-refractivity contribution in [3.05, 3.63) is 54.3 Å². The predicted molar refractivity (Wildman–Crippen MR) is 79.8 cm³/mol. The van der Waals surface area contributed by atoms with Gasteiger partial charge < -0.3 is 4.74 Å². The molecule has 1 N–H and O–H groups in total. The minimum absolute atomic E-state index is 0.139. The molecule has 9 heteroatoms. The third kappa shape index (κ3) is 5.27. The summed E-state index contributed by atoms with van der Waals surface area (Å²) in [5.74, 6) is -0.249. The molecule has 0 bridgehead atoms. The highest BCUT2D eigenvalue weighted by Gasteiger charge is 2.30. The van der Waals surface area contributed by atoms with Gasteiger partial charge in [-0.3, -0.25) is 10.3 Å². The summed E-state index contributed by atoms with van der Waals surface area (Å²) in [6.45, 7) is 1.91. The lowest BCUT2D eigenvalue weighted by Crippen LogP contribution is -2.21. The highest BCUT2D eigenvalue weighted by atomic mass is 19.4. The smallest absolute Gasteiger partial charge is 0.406 e. The lowest BCUT2D eigenvalue weighted by Gasteiger charge is -2.17. The first-order chi connectivity index (χ1) is 11.4. The number of nitrogens with one attached hydrogen (secondary N) is 1. The van der Waals surface area contributed by atoms with E-state index in [9.17, 15) is 13.2 Å². The van der Waals surface area contributed by atoms with Crippen molar-refractivity contribution in [1.29, 1.82) is 0 Å². The number of alkyl halides is 3. The van der Waals surface area contributed by atoms with Crippen molar-refractivity contribution in [3.8, 4) is 5.75 Å². The molecule has 0 saturated heterocycles. The van der Waals surface area contributed by atoms with E-state index in [4.69, 9.17) is 4.84 Å². The van der Waals surface area contributed by atoms with Gasteiger partial charge >= 0.3 is 6.36 Å². The molecule has 1 heterocycles. The van der Waals surface area contributed by atoms with Gasteiger partial charge in [0.25, 0.3) is 0 Å². The zero-order valence-electron chi connectivity index (χ0n) is 13.1. The van der Waals surface area contributed by atoms with E-state index in [1.165, 1.54) is 25.6 Å². The molecule has 0 aliphatic heterocycles. The molecule has 0 aliphatic carbocycles. The van der Waals surface area contributed by atoms with Gasteiger partial charge in [0.1, 0.15) is 18.4 Å². The molecule has 0 saturated carbocycles. The van der Waals surface area contributed by atoms with Crippen LogP contribution in [-0.2, 0) is 11.3 Å². The summed E-state index contributed by atoms with van der Waals surface area (Å²) >= 11 is 0. The first kappa shape index (κ1) is 17.8. The zero-order chi connectivity index (χ0) is 17.6. The van der Waals surface area contributed by atoms with E-state index in [1.807, 2.05) is 13.0 Å². The lowest BCUT2D eigenvalue weighted by atomic mass is 10.1. The van der Waals surface area contributed by atoms with Gasteiger partial charge in [-0.15, -0.1) is 13.2 Å². The minimum Gasteiger partial charge on any atom is -0.406 e. The van der Waals surface area contributed by atoms with Crippen molar-refractivity contribution >= 4 is 0 Å². The van der Waals surface area contributed by atoms with Gasteiger partial charge in [-0.2, -0.15) is 5.10 Å². The average molecular weight is 342 g/mol. The normalized spacial score (nSPS) is 13.6. The first-order valence-corrected chi connectivity index (χ1v) is 7.07. The van der Waals surface area contributed by atoms with Crippen LogP contribution in [0.3, 0.4) is 0 Å². The number of ether oxygens (including phenoxy) is 1. The summed E-state index contributed by atoms with van der Waals surface area (Å²) in [5.41, 5.74) is 4.36. The summed E-state index contributed by atoms with van der Waals surface area (Å²) in [4.78, 5) is 8.85. The maximum atomic E-state index is 12.1. The number of benzene rings is 1. The second kappa shape index (κ2) is 7.82. The molecular weight excluding hydrogens is 325 g/mol. The van der Waals surface area contributed by atoms with Crippen molar-refractivity contribution in [2.75, 3.05) is 7.11 Å². The fourth-order valence-electron chi connectivity index (χ4n) is 2.03. The summed E-state index contributed by atoms with van der Waals surface area (Å²) in [5, 5.41) is 4.07. The van der Waals surface area contributed by atoms with Gasteiger partial charge in [0, 0.05) is 0 Å². The van der Waals surface area contributed by atoms with E-state index >= 15 is 0 Å². The molecule has 24 heavy (non-hydrogen) atoms. The largest absolute Gasteiger partial charge is 0.573 e. The zero-order valence-corrected chi connectivity index (χ0v) is 13.1. The van der Waals surface area contributed by atoms with Gasteiger partial charge in [-0.1, -0.05) is 18.2 Å². The molecule has 1 atom stereocenters. The number of nitrogens with zero attached hydrogens (tertiary/aromatic N) is 3. The van der Waals surface area contributed by atoms with Crippen LogP contribution in [0.15, 0.2) is 48.7 Å². The molecular formula is C15H17F3N4O2. The van der Waals surface area contributed by atoms with E-state index in [0.29, 0.717) is 6.42 Å². The summed E-state index contributed by atoms with van der Waals surface area (Å²) in [7, 11) is 1.49. The highest BCUT2D eigenvalue weighted by Crippen LogP contribution is 2.23. The SMILES string of the molecule is CONC(=CCc1ccc(OC(F)(F)F)cc1)C(C)n1cncn1. The number of hydroxylamine groups is 1. The Balaban J connectivity index is 2.05. The Kier molecular flexibility index (Phi) is 5.80. The summed E-state index contributed by atoms with van der Waals surface area (Å²) < 4.78 is 41.9. The van der Waals surface area contributed by atoms with Crippen LogP contribution in [0.5, 0.6) is 5.75 Å². The Morgan fingerprint density at radius 2 is 2.04 bits per heavy atom. The number of hydrogen-bond acceptors (Lipinski definition) is 5. The van der Waals surface area contributed by atoms with E-state index in [-0.39, 0.29) is 11.8 Å². The van der Waals surface area contributed by atoms with Gasteiger partial charge in [0.2, 0.25) is 0 Å². The van der Waals surface area contributed by atoms with Crippen LogP contribution >= 0.6 is 0 Å². The molecule has 0 radical (unpaired) electrons. The number of halogens is 3. The molecule has 6 nitrogen and oxygen atoms in total. The maximum Gasteiger partial charge on any atom is 0.573 e. The Hall–Kier alpha value is -2.55. The second-order valence-electron chi connectivity index (χ2n) is 4.91. The van der Waals surface area contributed by atoms with Gasteiger partial charge in [0.15, 0.2) is 0 Å². The highest BCUT2D eigenvalue weighted by molar-refractivity contribution is 5.29. The molecule has 0 fully saturated rings. The topological polar surface area (TPSA) is 61.2 Å². The molecule has 0 aliphatic rings. The molecule has 2 aromatic rings. The first-order valence-electron chi connectivity index (χ1n) is 7.07. The van der Waals surface area contributed by atoms with Crippen molar-refractivity contribution in [3.63, 3.8) is 0 Å². The summed E-state index contributed by atoms with van der Waals surface area (Å²) in [6, 6.07) is 5.56. The van der Waals surface area contributed by atoms with Gasteiger partial charge in [-0.25, -0.2) is 9.67 Å². The standard InChI is InChI=1S/C15H17F3N4O2/c1-11(22-10-19-9-20-22)14(21-23-2)8-5-12-3-6-13(7-4-12)24-15(16,17)18/h3-4,6-11,21H,5H2,1-2H3. The molecule has 2 rings (SSSR count). The second-order valence-corrected chi connectivity index (χ2v) is 4.91. The lowest BCUT2D eigenvalue weighted by molar-refractivity contribution is -0.274. The Labute approximate surface area is 136 Å². The van der Waals surface area contributed by atoms with Gasteiger partial charge in [-0.05, 0) is 31.0 Å². The van der Waals surface area contributed by atoms with Crippen molar-refractivity contribution in [1.82, 2.24) is 20.2 Å². The predicted octanol–water partition coefficient (Wildman–Crippen LogP) is 3.02. The molecule has 1 aromatic carbocycles. The Morgan fingerprint density at radius 3 is 2.58 bits per heavy atom. The molecule has 0 amide bonds. The molecule has 0 spiro atoms. The number of hydrogen-bond donors (Lipinski definition) is 1. The fraction of sp³-hybridized carbons (Fsp3) is 0.333. The summed E-state index contributed by atoms with van der Waals surface area (Å²) in [6.07, 6.45) is 0.691. The van der Waals surface area contributed by atoms with Crippen LogP contribution in [-0.4, -0.2) is 28.2 Å². The third-order valence-corrected chi connectivity index (χ3v) is 3.22. The molecule has 1 unspecified atom stereocenters. The van der Waals surface area contributed by atoms with Crippen LogP contribution < -0.4 is 10.2 Å². The Bertz CT molecular complexity index is 654. The van der Waals surface area contributed by atoms with Crippen LogP contribution in [0.4, 0.5) is 13.2 Å². The van der Waals surface area contributed by atoms with E-state index in [1.54, 1.807) is 23.1 Å². The quantitative estimate of drug-likeness (QED) is 0.784. The van der Waals surface area contributed by atoms with Crippen molar-refractivity contribution in [2.24, 2.45) is 0 Å². The number of aromatic nitrogens is 3. The molecule has 130 valence electrons.